The summed E-state index contributed by atoms with van der Waals surface area (Å²) in [6.07, 6.45) is -19.7. The highest BCUT2D eigenvalue weighted by Gasteiger charge is 2.60. The molecule has 0 aliphatic carbocycles. The largest absolute Gasteiger partial charge is 0.477 e. The quantitative estimate of drug-likeness (QED) is 0.0785. The van der Waals surface area contributed by atoms with Gasteiger partial charge in [-0.3, -0.25) is 0 Å². The lowest BCUT2D eigenvalue weighted by Crippen LogP contribution is -2.71. The molecule has 0 amide bonds. The minimum atomic E-state index is -2.21. The second-order valence-electron chi connectivity index (χ2n) is 13.2. The summed E-state index contributed by atoms with van der Waals surface area (Å²) in [6.45, 7) is 1.56. The Balaban J connectivity index is 1.34. The van der Waals surface area contributed by atoms with E-state index in [0.717, 1.165) is 19.8 Å². The molecule has 9 N–H and O–H groups in total. The van der Waals surface area contributed by atoms with E-state index in [1.807, 2.05) is 0 Å². The molecule has 21 heteroatoms. The number of aliphatic carboxylic acids is 2. The maximum atomic E-state index is 12.0. The van der Waals surface area contributed by atoms with E-state index in [1.54, 1.807) is 0 Å². The fraction of sp³-hybridized carbons (Fsp3) is 0.933. The Hall–Kier alpha value is -1.74. The molecule has 0 spiro atoms. The van der Waals surface area contributed by atoms with Gasteiger partial charge in [0, 0.05) is 27.6 Å². The van der Waals surface area contributed by atoms with Crippen LogP contribution in [0.3, 0.4) is 0 Å². The molecule has 5 aliphatic rings. The zero-order valence-electron chi connectivity index (χ0n) is 28.3. The molecule has 0 unspecified atom stereocenters. The van der Waals surface area contributed by atoms with Crippen LogP contribution in [0.4, 0.5) is 0 Å². The molecule has 5 rings (SSSR count). The lowest BCUT2D eigenvalue weighted by Gasteiger charge is -2.53. The van der Waals surface area contributed by atoms with Gasteiger partial charge in [0.25, 0.3) is 11.6 Å². The molecule has 294 valence electrons. The van der Waals surface area contributed by atoms with Crippen molar-refractivity contribution in [1.82, 2.24) is 0 Å². The Morgan fingerprint density at radius 1 is 0.725 bits per heavy atom. The number of fused-ring (bicyclic) bond motifs is 2. The molecule has 0 aromatic heterocycles. The minimum Gasteiger partial charge on any atom is -0.477 e. The number of hydrogen-bond donors (Lipinski definition) is 8. The molecule has 5 fully saturated rings. The fourth-order valence-electron chi connectivity index (χ4n) is 6.58. The summed E-state index contributed by atoms with van der Waals surface area (Å²) in [4.78, 5) is 23.8. The zero-order chi connectivity index (χ0) is 37.2. The first kappa shape index (κ1) is 40.4. The number of aliphatic hydroxyl groups is 5. The Bertz CT molecular complexity index is 1180. The number of carbonyl (C=O) groups is 2. The third kappa shape index (κ3) is 8.34. The highest BCUT2D eigenvalue weighted by molar-refractivity contribution is 5.75. The molecule has 17 atom stereocenters. The van der Waals surface area contributed by atoms with E-state index >= 15 is 0 Å². The molecule has 0 aromatic rings. The van der Waals surface area contributed by atoms with Crippen molar-refractivity contribution in [3.05, 3.63) is 0 Å². The lowest BCUT2D eigenvalue weighted by molar-refractivity contribution is -0.423. The van der Waals surface area contributed by atoms with Gasteiger partial charge >= 0.3 is 11.9 Å². The van der Waals surface area contributed by atoms with Crippen molar-refractivity contribution in [3.63, 3.8) is 0 Å². The normalized spacial score (nSPS) is 47.3. The van der Waals surface area contributed by atoms with Gasteiger partial charge in [-0.25, -0.2) is 9.59 Å². The van der Waals surface area contributed by atoms with Gasteiger partial charge in [0.05, 0.1) is 19.8 Å². The number of nitrogens with two attached hydrogens (primary N) is 1. The van der Waals surface area contributed by atoms with Crippen LogP contribution in [-0.4, -0.2) is 191 Å². The van der Waals surface area contributed by atoms with Gasteiger partial charge in [-0.2, -0.15) is 0 Å². The van der Waals surface area contributed by atoms with Gasteiger partial charge < -0.3 is 93.6 Å². The average molecular weight is 744 g/mol. The highest BCUT2D eigenvalue weighted by atomic mass is 16.8. The molecular formula is C30H49NO20. The van der Waals surface area contributed by atoms with Crippen molar-refractivity contribution in [1.29, 1.82) is 0 Å². The van der Waals surface area contributed by atoms with Crippen LogP contribution in [0.25, 0.3) is 0 Å². The minimum absolute atomic E-state index is 0.178. The SMILES string of the molecule is CO[C@@H]1[C@@H](O)[C@H](O[C@@H]2[C@@H](O)[C@H](O[C@H]3[C@H](O)[C@@H](O)[C@H](OCCCCCN)O[C@@H]3CO)O[C@@H]3CO[C@](C)(C(=O)O)O[C@@H]23)O[C@@H]2CO[C@](C)(C(=O)O)O[C@@H]12. The van der Waals surface area contributed by atoms with Crippen molar-refractivity contribution in [3.8, 4) is 0 Å². The number of unbranched alkanes of at least 4 members (excludes halogenated alkanes) is 2. The van der Waals surface area contributed by atoms with Crippen LogP contribution >= 0.6 is 0 Å². The van der Waals surface area contributed by atoms with Gasteiger partial charge in [0.15, 0.2) is 18.9 Å². The Labute approximate surface area is 292 Å². The molecule has 21 nitrogen and oxygen atoms in total. The van der Waals surface area contributed by atoms with Gasteiger partial charge in [-0.05, 0) is 25.8 Å². The Morgan fingerprint density at radius 2 is 1.25 bits per heavy atom. The van der Waals surface area contributed by atoms with Gasteiger partial charge in [0.1, 0.15) is 73.2 Å². The summed E-state index contributed by atoms with van der Waals surface area (Å²) < 4.78 is 62.8. The Kier molecular flexibility index (Phi) is 13.3. The average Bonchev–Trinajstić information content (AvgIpc) is 3.09. The van der Waals surface area contributed by atoms with E-state index in [1.165, 1.54) is 14.0 Å². The van der Waals surface area contributed by atoms with Crippen molar-refractivity contribution < 1.29 is 97.4 Å². The predicted octanol–water partition coefficient (Wildman–Crippen LogP) is -4.04. The molecule has 51 heavy (non-hydrogen) atoms. The zero-order valence-corrected chi connectivity index (χ0v) is 28.3. The first-order valence-electron chi connectivity index (χ1n) is 16.7. The van der Waals surface area contributed by atoms with Crippen molar-refractivity contribution in [2.24, 2.45) is 5.73 Å². The molecule has 5 saturated heterocycles. The third-order valence-corrected chi connectivity index (χ3v) is 9.58. The van der Waals surface area contributed by atoms with E-state index in [2.05, 4.69) is 0 Å². The van der Waals surface area contributed by atoms with Crippen molar-refractivity contribution in [2.75, 3.05) is 40.1 Å². The third-order valence-electron chi connectivity index (χ3n) is 9.58. The molecule has 5 aliphatic heterocycles. The summed E-state index contributed by atoms with van der Waals surface area (Å²) in [6, 6.07) is 0. The number of hydrogen-bond acceptors (Lipinski definition) is 19. The number of ether oxygens (including phenoxy) is 11. The predicted molar refractivity (Wildman–Crippen MR) is 160 cm³/mol. The van der Waals surface area contributed by atoms with E-state index in [-0.39, 0.29) is 13.2 Å². The van der Waals surface area contributed by atoms with Gasteiger partial charge in [-0.15, -0.1) is 0 Å². The topological polar surface area (TPSA) is 303 Å². The first-order chi connectivity index (χ1) is 24.2. The number of aliphatic hydroxyl groups excluding tert-OH is 5. The van der Waals surface area contributed by atoms with Crippen molar-refractivity contribution >= 4 is 11.9 Å². The second-order valence-corrected chi connectivity index (χ2v) is 13.2. The maximum absolute atomic E-state index is 12.0. The molecule has 0 aromatic carbocycles. The highest BCUT2D eigenvalue weighted by Crippen LogP contribution is 2.40. The standard InChI is InChI=1S/C30H49NO20/c1-29(27(37)38)43-10-13-20(50-29)22(41-3)17(35)25(46-13)49-23-18(36)26(47-14-11-44-30(2,28(39)40)51-21(14)23)48-19-12(9-32)45-24(16(34)15(19)33)42-8-6-4-5-7-31/h12-26,32-36H,4-11,31H2,1-3H3,(H,37,38)(H,39,40)/t12-,13-,14-,15-,16-,17-,18-,19-,20-,21-,22-,23-,24-,25+,26+,29+,30+/m1/s1. The van der Waals surface area contributed by atoms with Gasteiger partial charge in [-0.1, -0.05) is 0 Å². The van der Waals surface area contributed by atoms with Crippen LogP contribution in [0.1, 0.15) is 33.1 Å². The van der Waals surface area contributed by atoms with Crippen LogP contribution in [0.15, 0.2) is 0 Å². The Morgan fingerprint density at radius 3 is 1.76 bits per heavy atom. The smallest absolute Gasteiger partial charge is 0.364 e. The van der Waals surface area contributed by atoms with Crippen LogP contribution in [0.5, 0.6) is 0 Å². The van der Waals surface area contributed by atoms with E-state index in [9.17, 15) is 45.3 Å². The summed E-state index contributed by atoms with van der Waals surface area (Å²) in [5.41, 5.74) is 5.50. The molecule has 5 heterocycles. The monoisotopic (exact) mass is 743 g/mol. The molecule has 0 saturated carbocycles. The van der Waals surface area contributed by atoms with Gasteiger partial charge in [0.2, 0.25) is 0 Å². The first-order valence-corrected chi connectivity index (χ1v) is 16.7. The second kappa shape index (κ2) is 16.7. The van der Waals surface area contributed by atoms with Crippen molar-refractivity contribution in [2.45, 2.75) is 137 Å². The van der Waals surface area contributed by atoms with Crippen LogP contribution in [-0.2, 0) is 61.7 Å². The van der Waals surface area contributed by atoms with E-state index < -0.39 is 129 Å². The molecular weight excluding hydrogens is 694 g/mol. The van der Waals surface area contributed by atoms with E-state index in [0.29, 0.717) is 13.0 Å². The molecule has 0 bridgehead atoms. The summed E-state index contributed by atoms with van der Waals surface area (Å²) in [7, 11) is 1.24. The summed E-state index contributed by atoms with van der Waals surface area (Å²) >= 11 is 0. The number of carboxylic acid groups (broad SMARTS) is 2. The van der Waals surface area contributed by atoms with Crippen LogP contribution < -0.4 is 5.73 Å². The number of rotatable bonds is 14. The number of methoxy groups -OCH3 is 1. The maximum Gasteiger partial charge on any atom is 0.364 e. The summed E-state index contributed by atoms with van der Waals surface area (Å²) in [5.74, 6) is -7.20. The van der Waals surface area contributed by atoms with Crippen LogP contribution in [0, 0.1) is 0 Å². The number of carboxylic acids is 2. The van der Waals surface area contributed by atoms with E-state index in [4.69, 9.17) is 57.8 Å². The van der Waals surface area contributed by atoms with Crippen LogP contribution in [0.2, 0.25) is 0 Å². The lowest BCUT2D eigenvalue weighted by atomic mass is 9.94. The molecule has 0 radical (unpaired) electrons. The fourth-order valence-corrected chi connectivity index (χ4v) is 6.58. The summed E-state index contributed by atoms with van der Waals surface area (Å²) in [5, 5.41) is 74.3.